The zero-order valence-electron chi connectivity index (χ0n) is 14.4. The largest absolute Gasteiger partial charge is 0.381 e. The van der Waals surface area contributed by atoms with E-state index in [1.165, 1.54) is 6.92 Å². The van der Waals surface area contributed by atoms with Crippen molar-refractivity contribution in [2.24, 2.45) is 0 Å². The number of carbonyl (C=O) groups excluding carboxylic acids is 2. The van der Waals surface area contributed by atoms with Gasteiger partial charge in [0.05, 0.1) is 5.69 Å². The average molecular weight is 365 g/mol. The van der Waals surface area contributed by atoms with Gasteiger partial charge in [0.25, 0.3) is 0 Å². The first-order valence-electron chi connectivity index (χ1n) is 8.01. The predicted octanol–water partition coefficient (Wildman–Crippen LogP) is 3.38. The first-order valence-corrected chi connectivity index (χ1v) is 8.01. The number of benzene rings is 2. The molecule has 0 radical (unpaired) electrons. The number of ketones is 1. The van der Waals surface area contributed by atoms with E-state index in [-0.39, 0.29) is 23.2 Å². The van der Waals surface area contributed by atoms with Crippen LogP contribution in [0.2, 0.25) is 0 Å². The number of nitrogens with one attached hydrogen (secondary N) is 2. The number of aryl methyl sites for hydroxylation is 1. The second-order valence-electron chi connectivity index (χ2n) is 5.68. The predicted molar refractivity (Wildman–Crippen MR) is 100 cm³/mol. The van der Waals surface area contributed by atoms with E-state index in [1.807, 2.05) is 6.07 Å². The molecular weight excluding hydrogens is 349 g/mol. The summed E-state index contributed by atoms with van der Waals surface area (Å²) in [6.45, 7) is 1.42. The molecule has 0 saturated carbocycles. The minimum atomic E-state index is -0.723. The number of nitrogens with two attached hydrogens (primary N) is 1. The van der Waals surface area contributed by atoms with Crippen molar-refractivity contribution < 1.29 is 14.0 Å². The molecule has 27 heavy (non-hydrogen) atoms. The molecule has 2 amide bonds. The lowest BCUT2D eigenvalue weighted by atomic mass is 10.0. The van der Waals surface area contributed by atoms with Crippen LogP contribution in [0.25, 0.3) is 0 Å². The Morgan fingerprint density at radius 3 is 2.19 bits per heavy atom. The molecule has 0 unspecified atom stereocenters. The van der Waals surface area contributed by atoms with Gasteiger partial charge in [0.2, 0.25) is 5.95 Å². The fourth-order valence-corrected chi connectivity index (χ4v) is 2.36. The third-order valence-corrected chi connectivity index (χ3v) is 3.71. The molecule has 0 bridgehead atoms. The van der Waals surface area contributed by atoms with E-state index in [0.29, 0.717) is 16.8 Å². The molecule has 136 valence electrons. The molecule has 1 aromatic heterocycles. The van der Waals surface area contributed by atoms with Crippen LogP contribution in [0.15, 0.2) is 54.6 Å². The third kappa shape index (κ3) is 4.24. The molecule has 1 heterocycles. The maximum absolute atomic E-state index is 13.4. The van der Waals surface area contributed by atoms with Gasteiger partial charge in [0.15, 0.2) is 17.4 Å². The van der Waals surface area contributed by atoms with Crippen LogP contribution >= 0.6 is 0 Å². The Balaban J connectivity index is 1.66. The lowest BCUT2D eigenvalue weighted by Crippen LogP contribution is -2.21. The van der Waals surface area contributed by atoms with Crippen LogP contribution in [-0.2, 0) is 0 Å². The summed E-state index contributed by atoms with van der Waals surface area (Å²) < 4.78 is 13.4. The van der Waals surface area contributed by atoms with E-state index >= 15 is 0 Å². The van der Waals surface area contributed by atoms with Crippen LogP contribution in [0.4, 0.5) is 26.6 Å². The van der Waals surface area contributed by atoms with Gasteiger partial charge in [-0.25, -0.2) is 14.2 Å². The highest BCUT2D eigenvalue weighted by Crippen LogP contribution is 2.15. The van der Waals surface area contributed by atoms with Gasteiger partial charge in [-0.15, -0.1) is 0 Å². The van der Waals surface area contributed by atoms with E-state index in [1.54, 1.807) is 48.5 Å². The number of rotatable bonds is 4. The van der Waals surface area contributed by atoms with Crippen LogP contribution < -0.4 is 16.4 Å². The molecule has 7 nitrogen and oxygen atoms in total. The minimum absolute atomic E-state index is 0.0292. The number of anilines is 3. The molecule has 2 aromatic carbocycles. The molecule has 8 heteroatoms. The highest BCUT2D eigenvalue weighted by molar-refractivity contribution is 6.09. The normalized spacial score (nSPS) is 10.3. The second-order valence-corrected chi connectivity index (χ2v) is 5.68. The molecular formula is C19H16FN5O2. The molecule has 0 atom stereocenters. The van der Waals surface area contributed by atoms with Gasteiger partial charge in [0.1, 0.15) is 0 Å². The molecule has 0 saturated heterocycles. The van der Waals surface area contributed by atoms with Crippen LogP contribution in [0.1, 0.15) is 21.6 Å². The number of hydrogen-bond acceptors (Lipinski definition) is 5. The summed E-state index contributed by atoms with van der Waals surface area (Å²) in [5.41, 5.74) is 6.98. The highest BCUT2D eigenvalue weighted by Gasteiger charge is 2.12. The van der Waals surface area contributed by atoms with Crippen molar-refractivity contribution in [1.29, 1.82) is 0 Å². The Morgan fingerprint density at radius 1 is 0.926 bits per heavy atom. The smallest absolute Gasteiger partial charge is 0.326 e. The Kier molecular flexibility index (Phi) is 5.07. The fraction of sp³-hybridized carbons (Fsp3) is 0.0526. The first kappa shape index (κ1) is 18.0. The van der Waals surface area contributed by atoms with Crippen LogP contribution in [0.3, 0.4) is 0 Å². The minimum Gasteiger partial charge on any atom is -0.381 e. The Morgan fingerprint density at radius 2 is 1.56 bits per heavy atom. The van der Waals surface area contributed by atoms with Crippen molar-refractivity contribution in [3.05, 3.63) is 77.2 Å². The summed E-state index contributed by atoms with van der Waals surface area (Å²) in [7, 11) is 0. The zero-order chi connectivity index (χ0) is 19.4. The summed E-state index contributed by atoms with van der Waals surface area (Å²) in [5.74, 6) is -1.29. The summed E-state index contributed by atoms with van der Waals surface area (Å²) in [6.07, 6.45) is 0. The quantitative estimate of drug-likeness (QED) is 0.614. The first-order chi connectivity index (χ1) is 12.9. The average Bonchev–Trinajstić information content (AvgIpc) is 2.66. The van der Waals surface area contributed by atoms with Crippen molar-refractivity contribution in [3.63, 3.8) is 0 Å². The molecule has 0 aliphatic heterocycles. The van der Waals surface area contributed by atoms with E-state index < -0.39 is 11.8 Å². The summed E-state index contributed by atoms with van der Waals surface area (Å²) >= 11 is 0. The standard InChI is InChI=1S/C19H16FN5O2/c1-11-15(20)17(21)24-18(22-11)25-19(27)23-14-9-7-13(8-10-14)16(26)12-5-3-2-4-6-12/h2-10H,1H3,(H4,21,22,23,24,25,27). The van der Waals surface area contributed by atoms with Gasteiger partial charge >= 0.3 is 6.03 Å². The number of hydrogen-bond donors (Lipinski definition) is 3. The summed E-state index contributed by atoms with van der Waals surface area (Å²) in [6, 6.07) is 14.7. The number of amides is 2. The number of nitrogen functional groups attached to an aromatic ring is 1. The number of nitrogens with zero attached hydrogens (tertiary/aromatic N) is 2. The summed E-state index contributed by atoms with van der Waals surface area (Å²) in [4.78, 5) is 31.8. The molecule has 3 aromatic rings. The Labute approximate surface area is 154 Å². The van der Waals surface area contributed by atoms with E-state index in [9.17, 15) is 14.0 Å². The summed E-state index contributed by atoms with van der Waals surface area (Å²) in [5, 5.41) is 4.95. The van der Waals surface area contributed by atoms with Crippen LogP contribution in [0.5, 0.6) is 0 Å². The lowest BCUT2D eigenvalue weighted by molar-refractivity contribution is 0.103. The molecule has 0 spiro atoms. The number of carbonyl (C=O) groups is 2. The van der Waals surface area contributed by atoms with Gasteiger partial charge in [0, 0.05) is 16.8 Å². The molecule has 3 rings (SSSR count). The number of aromatic nitrogens is 2. The van der Waals surface area contributed by atoms with Gasteiger partial charge in [-0.1, -0.05) is 30.3 Å². The van der Waals surface area contributed by atoms with E-state index in [4.69, 9.17) is 5.73 Å². The second kappa shape index (κ2) is 7.61. The number of urea groups is 1. The molecule has 0 aliphatic carbocycles. The van der Waals surface area contributed by atoms with Crippen molar-refractivity contribution in [3.8, 4) is 0 Å². The van der Waals surface area contributed by atoms with E-state index in [2.05, 4.69) is 20.6 Å². The molecule has 4 N–H and O–H groups in total. The fourth-order valence-electron chi connectivity index (χ4n) is 2.36. The Bertz CT molecular complexity index is 968. The van der Waals surface area contributed by atoms with Crippen LogP contribution in [0, 0.1) is 12.7 Å². The van der Waals surface area contributed by atoms with Gasteiger partial charge in [-0.3, -0.25) is 10.1 Å². The van der Waals surface area contributed by atoms with E-state index in [0.717, 1.165) is 0 Å². The lowest BCUT2D eigenvalue weighted by Gasteiger charge is -2.09. The molecule has 0 fully saturated rings. The topological polar surface area (TPSA) is 110 Å². The number of halogens is 1. The van der Waals surface area contributed by atoms with Gasteiger partial charge in [-0.2, -0.15) is 4.98 Å². The van der Waals surface area contributed by atoms with Crippen molar-refractivity contribution in [1.82, 2.24) is 9.97 Å². The zero-order valence-corrected chi connectivity index (χ0v) is 14.4. The highest BCUT2D eigenvalue weighted by atomic mass is 19.1. The van der Waals surface area contributed by atoms with Gasteiger partial charge < -0.3 is 11.1 Å². The SMILES string of the molecule is Cc1nc(NC(=O)Nc2ccc(C(=O)c3ccccc3)cc2)nc(N)c1F. The van der Waals surface area contributed by atoms with Crippen LogP contribution in [-0.4, -0.2) is 21.8 Å². The third-order valence-electron chi connectivity index (χ3n) is 3.71. The monoisotopic (exact) mass is 365 g/mol. The van der Waals surface area contributed by atoms with Crippen molar-refractivity contribution >= 4 is 29.3 Å². The van der Waals surface area contributed by atoms with Gasteiger partial charge in [-0.05, 0) is 31.2 Å². The maximum atomic E-state index is 13.4. The van der Waals surface area contributed by atoms with Crippen molar-refractivity contribution in [2.75, 3.05) is 16.4 Å². The Hall–Kier alpha value is -3.81. The maximum Gasteiger partial charge on any atom is 0.326 e. The molecule has 0 aliphatic rings. The van der Waals surface area contributed by atoms with Crippen molar-refractivity contribution in [2.45, 2.75) is 6.92 Å².